The minimum Gasteiger partial charge on any atom is -0.299 e. The number of hydrogen-bond donors (Lipinski definition) is 1. The second-order valence-electron chi connectivity index (χ2n) is 7.19. The van der Waals surface area contributed by atoms with Crippen LogP contribution in [0.5, 0.6) is 0 Å². The lowest BCUT2D eigenvalue weighted by molar-refractivity contribution is 0.203. The summed E-state index contributed by atoms with van der Waals surface area (Å²) in [6, 6.07) is 18.8. The molecule has 0 unspecified atom stereocenters. The first kappa shape index (κ1) is 17.3. The van der Waals surface area contributed by atoms with Gasteiger partial charge in [-0.25, -0.2) is 0 Å². The predicted octanol–water partition coefficient (Wildman–Crippen LogP) is 5.42. The Bertz CT molecular complexity index is 861. The van der Waals surface area contributed by atoms with Crippen molar-refractivity contribution in [3.8, 4) is 11.3 Å². The maximum absolute atomic E-state index is 5.98. The molecule has 0 aliphatic carbocycles. The summed E-state index contributed by atoms with van der Waals surface area (Å²) in [5.41, 5.74) is 6.21. The number of likely N-dealkylation sites (tertiary alicyclic amines) is 1. The van der Waals surface area contributed by atoms with Crippen molar-refractivity contribution >= 4 is 11.6 Å². The van der Waals surface area contributed by atoms with E-state index in [1.807, 2.05) is 24.3 Å². The van der Waals surface area contributed by atoms with Gasteiger partial charge in [-0.1, -0.05) is 48.0 Å². The van der Waals surface area contributed by atoms with Crippen LogP contribution in [0.25, 0.3) is 11.3 Å². The van der Waals surface area contributed by atoms with Gasteiger partial charge in [0, 0.05) is 17.5 Å². The molecule has 0 spiro atoms. The van der Waals surface area contributed by atoms with Crippen molar-refractivity contribution in [1.82, 2.24) is 15.1 Å². The summed E-state index contributed by atoms with van der Waals surface area (Å²) in [7, 11) is 0. The lowest BCUT2D eigenvalue weighted by Crippen LogP contribution is -2.32. The molecule has 1 aliphatic rings. The van der Waals surface area contributed by atoms with E-state index in [-0.39, 0.29) is 0 Å². The molecule has 0 saturated carbocycles. The lowest BCUT2D eigenvalue weighted by Gasteiger charge is -2.31. The monoisotopic (exact) mass is 365 g/mol. The summed E-state index contributed by atoms with van der Waals surface area (Å²) in [5.74, 6) is 0.542. The smallest absolute Gasteiger partial charge is 0.0660 e. The summed E-state index contributed by atoms with van der Waals surface area (Å²) in [4.78, 5) is 2.56. The molecule has 4 heteroatoms. The first-order valence-corrected chi connectivity index (χ1v) is 9.65. The van der Waals surface area contributed by atoms with Crippen molar-refractivity contribution in [3.63, 3.8) is 0 Å². The zero-order valence-corrected chi connectivity index (χ0v) is 15.8. The predicted molar refractivity (Wildman–Crippen MR) is 107 cm³/mol. The van der Waals surface area contributed by atoms with E-state index >= 15 is 0 Å². The standard InChI is InChI=1S/C22H24ClN3/c1-16-4-2-3-5-19(16)15-26-12-10-18(11-13-26)22-14-21(24-25-22)17-6-8-20(23)9-7-17/h2-9,14,18H,10-13,15H2,1H3,(H,24,25). The topological polar surface area (TPSA) is 31.9 Å². The molecule has 26 heavy (non-hydrogen) atoms. The maximum Gasteiger partial charge on any atom is 0.0660 e. The molecule has 2 aromatic carbocycles. The van der Waals surface area contributed by atoms with Crippen LogP contribution in [-0.4, -0.2) is 28.2 Å². The average Bonchev–Trinajstić information content (AvgIpc) is 3.15. The Morgan fingerprint density at radius 1 is 1.08 bits per heavy atom. The molecule has 0 bridgehead atoms. The van der Waals surface area contributed by atoms with Crippen molar-refractivity contribution < 1.29 is 0 Å². The van der Waals surface area contributed by atoms with Gasteiger partial charge >= 0.3 is 0 Å². The molecule has 0 amide bonds. The van der Waals surface area contributed by atoms with Crippen molar-refractivity contribution in [1.29, 1.82) is 0 Å². The molecule has 1 aromatic heterocycles. The molecule has 1 fully saturated rings. The third-order valence-corrected chi connectivity index (χ3v) is 5.67. The molecule has 134 valence electrons. The molecule has 3 aromatic rings. The second kappa shape index (κ2) is 7.65. The molecule has 0 radical (unpaired) electrons. The highest BCUT2D eigenvalue weighted by atomic mass is 35.5. The fourth-order valence-corrected chi connectivity index (χ4v) is 3.86. The van der Waals surface area contributed by atoms with E-state index < -0.39 is 0 Å². The number of piperidine rings is 1. The zero-order valence-electron chi connectivity index (χ0n) is 15.1. The summed E-state index contributed by atoms with van der Waals surface area (Å²) < 4.78 is 0. The number of hydrogen-bond acceptors (Lipinski definition) is 2. The number of nitrogens with zero attached hydrogens (tertiary/aromatic N) is 2. The number of halogens is 1. The highest BCUT2D eigenvalue weighted by Crippen LogP contribution is 2.30. The normalized spacial score (nSPS) is 16.1. The van der Waals surface area contributed by atoms with Gasteiger partial charge in [-0.05, 0) is 67.7 Å². The SMILES string of the molecule is Cc1ccccc1CN1CCC(c2cc(-c3ccc(Cl)cc3)[nH]n2)CC1. The average molecular weight is 366 g/mol. The Morgan fingerprint density at radius 3 is 2.54 bits per heavy atom. The number of aromatic nitrogens is 2. The summed E-state index contributed by atoms with van der Waals surface area (Å²) >= 11 is 5.98. The van der Waals surface area contributed by atoms with E-state index in [4.69, 9.17) is 11.6 Å². The van der Waals surface area contributed by atoms with Crippen molar-refractivity contribution in [2.24, 2.45) is 0 Å². The maximum atomic E-state index is 5.98. The van der Waals surface area contributed by atoms with Crippen LogP contribution >= 0.6 is 11.6 Å². The second-order valence-corrected chi connectivity index (χ2v) is 7.63. The Morgan fingerprint density at radius 2 is 1.81 bits per heavy atom. The number of benzene rings is 2. The Hall–Kier alpha value is -2.10. The third kappa shape index (κ3) is 3.84. The molecule has 2 heterocycles. The van der Waals surface area contributed by atoms with E-state index in [2.05, 4.69) is 52.4 Å². The van der Waals surface area contributed by atoms with Crippen LogP contribution in [0.4, 0.5) is 0 Å². The van der Waals surface area contributed by atoms with Crippen molar-refractivity contribution in [3.05, 3.63) is 76.4 Å². The lowest BCUT2D eigenvalue weighted by atomic mass is 9.92. The van der Waals surface area contributed by atoms with Crippen LogP contribution in [0.3, 0.4) is 0 Å². The number of aryl methyl sites for hydroxylation is 1. The van der Waals surface area contributed by atoms with Gasteiger partial charge in [-0.3, -0.25) is 10.00 Å². The van der Waals surface area contributed by atoms with Gasteiger partial charge in [0.05, 0.1) is 11.4 Å². The summed E-state index contributed by atoms with van der Waals surface area (Å²) in [6.07, 6.45) is 2.33. The molecule has 1 aliphatic heterocycles. The first-order valence-electron chi connectivity index (χ1n) is 9.27. The van der Waals surface area contributed by atoms with Gasteiger partial charge in [-0.15, -0.1) is 0 Å². The van der Waals surface area contributed by atoms with Gasteiger partial charge in [0.1, 0.15) is 0 Å². The number of nitrogens with one attached hydrogen (secondary N) is 1. The fraction of sp³-hybridized carbons (Fsp3) is 0.318. The van der Waals surface area contributed by atoms with Gasteiger partial charge in [0.15, 0.2) is 0 Å². The minimum atomic E-state index is 0.542. The van der Waals surface area contributed by atoms with Crippen LogP contribution in [0.15, 0.2) is 54.6 Å². The molecule has 3 nitrogen and oxygen atoms in total. The van der Waals surface area contributed by atoms with Gasteiger partial charge in [-0.2, -0.15) is 5.10 Å². The zero-order chi connectivity index (χ0) is 17.9. The Kier molecular flexibility index (Phi) is 5.09. The largest absolute Gasteiger partial charge is 0.299 e. The van der Waals surface area contributed by atoms with Crippen molar-refractivity contribution in [2.45, 2.75) is 32.2 Å². The Balaban J connectivity index is 1.38. The van der Waals surface area contributed by atoms with E-state index in [0.29, 0.717) is 5.92 Å². The van der Waals surface area contributed by atoms with E-state index in [9.17, 15) is 0 Å². The van der Waals surface area contributed by atoms with E-state index in [1.165, 1.54) is 16.8 Å². The fourth-order valence-electron chi connectivity index (χ4n) is 3.74. The highest BCUT2D eigenvalue weighted by molar-refractivity contribution is 6.30. The van der Waals surface area contributed by atoms with Crippen LogP contribution in [-0.2, 0) is 6.54 Å². The van der Waals surface area contributed by atoms with Crippen LogP contribution in [0.1, 0.15) is 35.6 Å². The summed E-state index contributed by atoms with van der Waals surface area (Å²) in [5, 5.41) is 8.53. The van der Waals surface area contributed by atoms with Gasteiger partial charge in [0.2, 0.25) is 0 Å². The quantitative estimate of drug-likeness (QED) is 0.669. The number of H-pyrrole nitrogens is 1. The molecule has 1 N–H and O–H groups in total. The number of rotatable bonds is 4. The van der Waals surface area contributed by atoms with E-state index in [1.54, 1.807) is 0 Å². The molecule has 0 atom stereocenters. The molecule has 4 rings (SSSR count). The Labute approximate surface area is 160 Å². The highest BCUT2D eigenvalue weighted by Gasteiger charge is 2.23. The van der Waals surface area contributed by atoms with Gasteiger partial charge < -0.3 is 0 Å². The van der Waals surface area contributed by atoms with Crippen LogP contribution in [0, 0.1) is 6.92 Å². The molecule has 1 saturated heterocycles. The molecular weight excluding hydrogens is 342 g/mol. The summed E-state index contributed by atoms with van der Waals surface area (Å²) in [6.45, 7) is 5.50. The molecular formula is C22H24ClN3. The third-order valence-electron chi connectivity index (χ3n) is 5.41. The first-order chi connectivity index (χ1) is 12.7. The number of aromatic amines is 1. The van der Waals surface area contributed by atoms with Crippen molar-refractivity contribution in [2.75, 3.05) is 13.1 Å². The van der Waals surface area contributed by atoms with Gasteiger partial charge in [0.25, 0.3) is 0 Å². The van der Waals surface area contributed by atoms with Crippen LogP contribution < -0.4 is 0 Å². The minimum absolute atomic E-state index is 0.542. The van der Waals surface area contributed by atoms with Crippen LogP contribution in [0.2, 0.25) is 5.02 Å². The van der Waals surface area contributed by atoms with E-state index in [0.717, 1.165) is 48.8 Å².